The zero-order chi connectivity index (χ0) is 15.3. The molecule has 0 radical (unpaired) electrons. The summed E-state index contributed by atoms with van der Waals surface area (Å²) in [6.45, 7) is 0. The Hall–Kier alpha value is -2.86. The Morgan fingerprint density at radius 2 is 1.73 bits per heavy atom. The molecule has 0 saturated heterocycles. The van der Waals surface area contributed by atoms with Gasteiger partial charge in [-0.3, -0.25) is 9.59 Å². The fraction of sp³-hybridized carbons (Fsp3) is 0. The molecule has 4 rings (SSSR count). The molecule has 106 valence electrons. The molecule has 6 nitrogen and oxygen atoms in total. The molecule has 3 aromatic rings. The number of benzene rings is 1. The lowest BCUT2D eigenvalue weighted by Gasteiger charge is -2.14. The van der Waals surface area contributed by atoms with Crippen LogP contribution >= 0.6 is 11.6 Å². The Balaban J connectivity index is 1.97. The number of ketones is 2. The SMILES string of the molecule is O=C1c2ccccc2C(=O)c2c1nnn2-c1ccnc(Cl)c1. The number of nitrogens with zero attached hydrogens (tertiary/aromatic N) is 4. The maximum absolute atomic E-state index is 12.7. The van der Waals surface area contributed by atoms with Crippen LogP contribution in [0.2, 0.25) is 5.15 Å². The van der Waals surface area contributed by atoms with Crippen molar-refractivity contribution in [3.8, 4) is 5.69 Å². The van der Waals surface area contributed by atoms with E-state index in [-0.39, 0.29) is 28.1 Å². The van der Waals surface area contributed by atoms with Crippen LogP contribution in [0, 0.1) is 0 Å². The molecule has 0 aliphatic heterocycles. The minimum absolute atomic E-state index is 0.0524. The van der Waals surface area contributed by atoms with E-state index < -0.39 is 0 Å². The summed E-state index contributed by atoms with van der Waals surface area (Å²) >= 11 is 5.87. The van der Waals surface area contributed by atoms with E-state index >= 15 is 0 Å². The molecule has 2 heterocycles. The molecule has 0 N–H and O–H groups in total. The molecule has 22 heavy (non-hydrogen) atoms. The molecular weight excluding hydrogens is 304 g/mol. The normalized spacial score (nSPS) is 13.0. The summed E-state index contributed by atoms with van der Waals surface area (Å²) in [5.74, 6) is -0.597. The first-order valence-electron chi connectivity index (χ1n) is 6.43. The van der Waals surface area contributed by atoms with Gasteiger partial charge in [-0.1, -0.05) is 41.1 Å². The van der Waals surface area contributed by atoms with Gasteiger partial charge in [0.05, 0.1) is 5.69 Å². The summed E-state index contributed by atoms with van der Waals surface area (Å²) in [5, 5.41) is 8.06. The Morgan fingerprint density at radius 1 is 1.00 bits per heavy atom. The van der Waals surface area contributed by atoms with Crippen LogP contribution in [-0.4, -0.2) is 31.5 Å². The molecule has 7 heteroatoms. The van der Waals surface area contributed by atoms with E-state index in [0.29, 0.717) is 16.8 Å². The molecule has 0 spiro atoms. The van der Waals surface area contributed by atoms with Gasteiger partial charge in [-0.15, -0.1) is 5.10 Å². The van der Waals surface area contributed by atoms with E-state index in [0.717, 1.165) is 0 Å². The number of pyridine rings is 1. The predicted octanol–water partition coefficient (Wildman–Crippen LogP) is 2.09. The van der Waals surface area contributed by atoms with E-state index in [1.54, 1.807) is 36.4 Å². The molecular formula is C15H7ClN4O2. The van der Waals surface area contributed by atoms with Gasteiger partial charge >= 0.3 is 0 Å². The van der Waals surface area contributed by atoms with E-state index in [1.807, 2.05) is 0 Å². The molecule has 1 aromatic carbocycles. The quantitative estimate of drug-likeness (QED) is 0.503. The number of fused-ring (bicyclic) bond motifs is 2. The fourth-order valence-electron chi connectivity index (χ4n) is 2.48. The van der Waals surface area contributed by atoms with Crippen molar-refractivity contribution in [2.45, 2.75) is 0 Å². The topological polar surface area (TPSA) is 77.7 Å². The van der Waals surface area contributed by atoms with Crippen molar-refractivity contribution in [2.75, 3.05) is 0 Å². The van der Waals surface area contributed by atoms with Gasteiger partial charge in [-0.2, -0.15) is 0 Å². The standard InChI is InChI=1S/C15H7ClN4O2/c16-11-7-8(5-6-17-11)20-13-12(18-19-20)14(21)9-3-1-2-4-10(9)15(13)22/h1-7H. The molecule has 0 amide bonds. The van der Waals surface area contributed by atoms with E-state index in [9.17, 15) is 9.59 Å². The Bertz CT molecular complexity index is 948. The van der Waals surface area contributed by atoms with Gasteiger partial charge in [0, 0.05) is 23.4 Å². The first-order valence-corrected chi connectivity index (χ1v) is 6.80. The highest BCUT2D eigenvalue weighted by Gasteiger charge is 2.35. The van der Waals surface area contributed by atoms with Gasteiger partial charge in [0.2, 0.25) is 11.6 Å². The van der Waals surface area contributed by atoms with Crippen molar-refractivity contribution in [1.29, 1.82) is 0 Å². The van der Waals surface area contributed by atoms with E-state index in [2.05, 4.69) is 15.3 Å². The summed E-state index contributed by atoms with van der Waals surface area (Å²) < 4.78 is 1.32. The number of hydrogen-bond donors (Lipinski definition) is 0. The predicted molar refractivity (Wildman–Crippen MR) is 77.5 cm³/mol. The van der Waals surface area contributed by atoms with Crippen LogP contribution in [0.25, 0.3) is 5.69 Å². The highest BCUT2D eigenvalue weighted by Crippen LogP contribution is 2.27. The number of rotatable bonds is 1. The monoisotopic (exact) mass is 310 g/mol. The van der Waals surface area contributed by atoms with Gasteiger partial charge in [0.25, 0.3) is 0 Å². The van der Waals surface area contributed by atoms with Gasteiger partial charge in [-0.05, 0) is 6.07 Å². The molecule has 0 bridgehead atoms. The summed E-state index contributed by atoms with van der Waals surface area (Å²) in [4.78, 5) is 29.0. The summed E-state index contributed by atoms with van der Waals surface area (Å²) in [6.07, 6.45) is 1.49. The zero-order valence-electron chi connectivity index (χ0n) is 11.0. The van der Waals surface area contributed by atoms with Crippen molar-refractivity contribution in [1.82, 2.24) is 20.0 Å². The van der Waals surface area contributed by atoms with Crippen LogP contribution < -0.4 is 0 Å². The average Bonchev–Trinajstić information content (AvgIpc) is 2.98. The van der Waals surface area contributed by atoms with E-state index in [4.69, 9.17) is 11.6 Å². The summed E-state index contributed by atoms with van der Waals surface area (Å²) in [6, 6.07) is 9.85. The number of carbonyl (C=O) groups excluding carboxylic acids is 2. The minimum Gasteiger partial charge on any atom is -0.287 e. The molecule has 0 saturated carbocycles. The Morgan fingerprint density at radius 3 is 2.45 bits per heavy atom. The van der Waals surface area contributed by atoms with Crippen molar-refractivity contribution >= 4 is 23.2 Å². The minimum atomic E-state index is -0.309. The first-order chi connectivity index (χ1) is 10.7. The van der Waals surface area contributed by atoms with Gasteiger partial charge < -0.3 is 0 Å². The second-order valence-corrected chi connectivity index (χ2v) is 5.13. The van der Waals surface area contributed by atoms with Crippen LogP contribution in [0.15, 0.2) is 42.6 Å². The Kier molecular flexibility index (Phi) is 2.67. The lowest BCUT2D eigenvalue weighted by molar-refractivity contribution is 0.0972. The molecule has 1 aliphatic carbocycles. The smallest absolute Gasteiger partial charge is 0.216 e. The average molecular weight is 311 g/mol. The van der Waals surface area contributed by atoms with Crippen LogP contribution in [-0.2, 0) is 0 Å². The second-order valence-electron chi connectivity index (χ2n) is 4.74. The third kappa shape index (κ3) is 1.71. The van der Waals surface area contributed by atoms with Gasteiger partial charge in [0.15, 0.2) is 5.69 Å². The van der Waals surface area contributed by atoms with Crippen LogP contribution in [0.5, 0.6) is 0 Å². The number of carbonyl (C=O) groups is 2. The third-order valence-corrected chi connectivity index (χ3v) is 3.68. The lowest BCUT2D eigenvalue weighted by Crippen LogP contribution is -2.23. The number of hydrogen-bond acceptors (Lipinski definition) is 5. The molecule has 1 aliphatic rings. The van der Waals surface area contributed by atoms with Crippen LogP contribution in [0.4, 0.5) is 0 Å². The lowest BCUT2D eigenvalue weighted by atomic mass is 9.90. The zero-order valence-corrected chi connectivity index (χ0v) is 11.8. The number of aromatic nitrogens is 4. The van der Waals surface area contributed by atoms with Crippen molar-refractivity contribution in [2.24, 2.45) is 0 Å². The Labute approximate surface area is 129 Å². The van der Waals surface area contributed by atoms with Gasteiger partial charge in [-0.25, -0.2) is 9.67 Å². The van der Waals surface area contributed by atoms with Crippen LogP contribution in [0.3, 0.4) is 0 Å². The molecule has 0 fully saturated rings. The highest BCUT2D eigenvalue weighted by atomic mass is 35.5. The van der Waals surface area contributed by atoms with Crippen molar-refractivity contribution in [3.05, 3.63) is 70.3 Å². The molecule has 0 atom stereocenters. The molecule has 2 aromatic heterocycles. The third-order valence-electron chi connectivity index (χ3n) is 3.47. The summed E-state index contributed by atoms with van der Waals surface area (Å²) in [5.41, 5.74) is 1.42. The van der Waals surface area contributed by atoms with Gasteiger partial charge in [0.1, 0.15) is 10.8 Å². The van der Waals surface area contributed by atoms with Crippen molar-refractivity contribution in [3.63, 3.8) is 0 Å². The highest BCUT2D eigenvalue weighted by molar-refractivity contribution is 6.29. The second kappa shape index (κ2) is 4.57. The largest absolute Gasteiger partial charge is 0.287 e. The fourth-order valence-corrected chi connectivity index (χ4v) is 2.65. The van der Waals surface area contributed by atoms with Crippen molar-refractivity contribution < 1.29 is 9.59 Å². The maximum Gasteiger partial charge on any atom is 0.216 e. The molecule has 0 unspecified atom stereocenters. The van der Waals surface area contributed by atoms with Crippen LogP contribution in [0.1, 0.15) is 32.1 Å². The van der Waals surface area contributed by atoms with E-state index in [1.165, 1.54) is 10.9 Å². The summed E-state index contributed by atoms with van der Waals surface area (Å²) in [7, 11) is 0. The number of halogens is 1. The first kappa shape index (κ1) is 12.8. The maximum atomic E-state index is 12.7.